The van der Waals surface area contributed by atoms with E-state index >= 15 is 0 Å². The van der Waals surface area contributed by atoms with Crippen molar-refractivity contribution in [2.75, 3.05) is 0 Å². The highest BCUT2D eigenvalue weighted by molar-refractivity contribution is 6.18. The zero-order valence-corrected chi connectivity index (χ0v) is 11.1. The first-order valence-electron chi connectivity index (χ1n) is 6.13. The highest BCUT2D eigenvalue weighted by Crippen LogP contribution is 2.33. The fourth-order valence-electron chi connectivity index (χ4n) is 1.72. The molecule has 0 aliphatic carbocycles. The molecule has 18 heavy (non-hydrogen) atoms. The van der Waals surface area contributed by atoms with Gasteiger partial charge in [-0.25, -0.2) is 20.0 Å². The molecule has 2 aliphatic rings. The average Bonchev–Trinajstić information content (AvgIpc) is 2.97. The van der Waals surface area contributed by atoms with Crippen molar-refractivity contribution in [3.63, 3.8) is 0 Å². The van der Waals surface area contributed by atoms with Gasteiger partial charge in [-0.2, -0.15) is 0 Å². The molecule has 6 nitrogen and oxygen atoms in total. The molecule has 0 N–H and O–H groups in total. The van der Waals surface area contributed by atoms with E-state index in [1.165, 1.54) is 0 Å². The minimum Gasteiger partial charge on any atom is -0.239 e. The third-order valence-electron chi connectivity index (χ3n) is 3.09. The number of nitrogens with zero attached hydrogens (tertiary/aromatic N) is 6. The molecule has 2 aliphatic heterocycles. The van der Waals surface area contributed by atoms with Crippen LogP contribution in [0.3, 0.4) is 0 Å². The van der Waals surface area contributed by atoms with Gasteiger partial charge in [-0.05, 0) is 0 Å². The number of aliphatic imine (C=N–C) groups is 4. The summed E-state index contributed by atoms with van der Waals surface area (Å²) >= 11 is 0. The van der Waals surface area contributed by atoms with Gasteiger partial charge in [0.1, 0.15) is 0 Å². The van der Waals surface area contributed by atoms with E-state index in [2.05, 4.69) is 30.2 Å². The second-order valence-corrected chi connectivity index (χ2v) is 5.00. The van der Waals surface area contributed by atoms with E-state index in [1.54, 1.807) is 24.9 Å². The Labute approximate surface area is 107 Å². The predicted molar refractivity (Wildman–Crippen MR) is 74.0 cm³/mol. The van der Waals surface area contributed by atoms with Crippen LogP contribution in [0.2, 0.25) is 0 Å². The highest BCUT2D eigenvalue weighted by Gasteiger charge is 2.38. The largest absolute Gasteiger partial charge is 0.265 e. The topological polar surface area (TPSA) is 74.2 Å². The lowest BCUT2D eigenvalue weighted by atomic mass is 10.1. The van der Waals surface area contributed by atoms with Gasteiger partial charge in [0, 0.05) is 36.7 Å². The molecule has 0 saturated carbocycles. The number of hydrogen-bond donors (Lipinski definition) is 0. The summed E-state index contributed by atoms with van der Waals surface area (Å²) in [5.41, 5.74) is 0. The SMILES string of the molecule is CC(C)C1(N=NC2(C(C)C)N=CC=N2)N=CC=N1. The Morgan fingerprint density at radius 1 is 0.667 bits per heavy atom. The molecular weight excluding hydrogens is 228 g/mol. The van der Waals surface area contributed by atoms with Gasteiger partial charge in [0.05, 0.1) is 0 Å². The van der Waals surface area contributed by atoms with Crippen molar-refractivity contribution in [3.05, 3.63) is 0 Å². The summed E-state index contributed by atoms with van der Waals surface area (Å²) in [6.07, 6.45) is 6.62. The Kier molecular flexibility index (Phi) is 3.19. The van der Waals surface area contributed by atoms with Crippen LogP contribution in [0.5, 0.6) is 0 Å². The molecule has 2 rings (SSSR count). The molecule has 6 heteroatoms. The van der Waals surface area contributed by atoms with Crippen LogP contribution in [0.1, 0.15) is 27.7 Å². The van der Waals surface area contributed by atoms with Crippen molar-refractivity contribution < 1.29 is 0 Å². The van der Waals surface area contributed by atoms with Crippen molar-refractivity contribution in [1.82, 2.24) is 0 Å². The van der Waals surface area contributed by atoms with Crippen LogP contribution in [-0.2, 0) is 0 Å². The van der Waals surface area contributed by atoms with Gasteiger partial charge in [0.15, 0.2) is 0 Å². The molecule has 0 saturated heterocycles. The lowest BCUT2D eigenvalue weighted by Gasteiger charge is -2.25. The van der Waals surface area contributed by atoms with Crippen LogP contribution in [0.4, 0.5) is 0 Å². The van der Waals surface area contributed by atoms with Crippen molar-refractivity contribution >= 4 is 24.9 Å². The van der Waals surface area contributed by atoms with Gasteiger partial charge in [0.2, 0.25) is 0 Å². The van der Waals surface area contributed by atoms with E-state index in [0.717, 1.165) is 0 Å². The second-order valence-electron chi connectivity index (χ2n) is 5.00. The molecule has 0 aromatic carbocycles. The predicted octanol–water partition coefficient (Wildman–Crippen LogP) is 2.37. The molecule has 2 heterocycles. The number of rotatable bonds is 4. The quantitative estimate of drug-likeness (QED) is 0.683. The minimum atomic E-state index is -0.838. The van der Waals surface area contributed by atoms with Gasteiger partial charge >= 0.3 is 0 Å². The molecule has 96 valence electrons. The van der Waals surface area contributed by atoms with Gasteiger partial charge in [-0.3, -0.25) is 0 Å². The van der Waals surface area contributed by atoms with E-state index in [4.69, 9.17) is 0 Å². The van der Waals surface area contributed by atoms with Gasteiger partial charge in [-0.15, -0.1) is 10.2 Å². The van der Waals surface area contributed by atoms with Crippen molar-refractivity contribution in [2.45, 2.75) is 39.3 Å². The molecule has 0 fully saturated rings. The molecule has 0 unspecified atom stereocenters. The molecule has 0 aromatic heterocycles. The second kappa shape index (κ2) is 4.51. The van der Waals surface area contributed by atoms with Crippen LogP contribution in [0.25, 0.3) is 0 Å². The van der Waals surface area contributed by atoms with E-state index < -0.39 is 11.6 Å². The van der Waals surface area contributed by atoms with Crippen LogP contribution in [0.15, 0.2) is 30.2 Å². The Hall–Kier alpha value is -1.72. The van der Waals surface area contributed by atoms with E-state index in [9.17, 15) is 0 Å². The van der Waals surface area contributed by atoms with Crippen molar-refractivity contribution in [2.24, 2.45) is 42.0 Å². The lowest BCUT2D eigenvalue weighted by Crippen LogP contribution is -2.30. The van der Waals surface area contributed by atoms with Gasteiger partial charge < -0.3 is 0 Å². The lowest BCUT2D eigenvalue weighted by molar-refractivity contribution is 0.277. The number of azo groups is 1. The smallest absolute Gasteiger partial charge is 0.239 e. The zero-order chi connectivity index (χ0) is 13.2. The van der Waals surface area contributed by atoms with E-state index in [-0.39, 0.29) is 11.8 Å². The summed E-state index contributed by atoms with van der Waals surface area (Å²) in [6.45, 7) is 8.06. The minimum absolute atomic E-state index is 0.134. The molecule has 0 atom stereocenters. The van der Waals surface area contributed by atoms with E-state index in [0.29, 0.717) is 0 Å². The molecule has 0 aromatic rings. The maximum Gasteiger partial charge on any atom is 0.265 e. The van der Waals surface area contributed by atoms with Crippen LogP contribution >= 0.6 is 0 Å². The third kappa shape index (κ3) is 2.02. The fraction of sp³-hybridized carbons (Fsp3) is 0.667. The Morgan fingerprint density at radius 2 is 0.944 bits per heavy atom. The van der Waals surface area contributed by atoms with Gasteiger partial charge in [0.25, 0.3) is 11.6 Å². The van der Waals surface area contributed by atoms with Crippen LogP contribution in [0, 0.1) is 11.8 Å². The highest BCUT2D eigenvalue weighted by atomic mass is 15.4. The molecule has 0 amide bonds. The number of hydrogen-bond acceptors (Lipinski definition) is 6. The summed E-state index contributed by atoms with van der Waals surface area (Å²) in [5, 5.41) is 8.66. The molecular formula is C12H18N6. The van der Waals surface area contributed by atoms with Crippen molar-refractivity contribution in [3.8, 4) is 0 Å². The average molecular weight is 246 g/mol. The maximum absolute atomic E-state index is 4.33. The summed E-state index contributed by atoms with van der Waals surface area (Å²) < 4.78 is 0. The van der Waals surface area contributed by atoms with Gasteiger partial charge in [-0.1, -0.05) is 27.7 Å². The third-order valence-corrected chi connectivity index (χ3v) is 3.09. The first-order valence-corrected chi connectivity index (χ1v) is 6.13. The summed E-state index contributed by atoms with van der Waals surface area (Å²) in [6, 6.07) is 0. The molecule has 0 spiro atoms. The summed E-state index contributed by atoms with van der Waals surface area (Å²) in [5.74, 6) is -1.41. The Balaban J connectivity index is 2.29. The van der Waals surface area contributed by atoms with Crippen LogP contribution in [-0.4, -0.2) is 36.4 Å². The summed E-state index contributed by atoms with van der Waals surface area (Å²) in [4.78, 5) is 17.2. The normalized spacial score (nSPS) is 23.2. The maximum atomic E-state index is 4.33. The summed E-state index contributed by atoms with van der Waals surface area (Å²) in [7, 11) is 0. The first-order chi connectivity index (χ1) is 8.51. The Morgan fingerprint density at radius 3 is 1.17 bits per heavy atom. The monoisotopic (exact) mass is 246 g/mol. The molecule has 0 bridgehead atoms. The standard InChI is InChI=1S/C12H18N6/c1-9(2)11(13-5-6-14-11)17-18-12(10(3)4)15-7-8-16-12/h5-10H,1-4H3. The first kappa shape index (κ1) is 12.7. The zero-order valence-electron chi connectivity index (χ0n) is 11.1. The molecule has 0 radical (unpaired) electrons. The van der Waals surface area contributed by atoms with E-state index in [1.807, 2.05) is 27.7 Å². The fourth-order valence-corrected chi connectivity index (χ4v) is 1.72. The Bertz CT molecular complexity index is 389. The van der Waals surface area contributed by atoms with Crippen molar-refractivity contribution in [1.29, 1.82) is 0 Å². The van der Waals surface area contributed by atoms with Crippen LogP contribution < -0.4 is 0 Å².